The fourth-order valence-electron chi connectivity index (χ4n) is 1.92. The van der Waals surface area contributed by atoms with Crippen LogP contribution in [0.1, 0.15) is 5.69 Å². The fraction of sp³-hybridized carbons (Fsp3) is 0.308. The smallest absolute Gasteiger partial charge is 0.296 e. The van der Waals surface area contributed by atoms with Gasteiger partial charge in [-0.15, -0.1) is 0 Å². The Hall–Kier alpha value is -2.77. The molecule has 0 fully saturated rings. The number of hydrogen-bond donors (Lipinski definition) is 1. The summed E-state index contributed by atoms with van der Waals surface area (Å²) in [6, 6.07) is 4.72. The van der Waals surface area contributed by atoms with Crippen LogP contribution in [0.2, 0.25) is 0 Å². The second-order valence-electron chi connectivity index (χ2n) is 4.28. The van der Waals surface area contributed by atoms with Crippen molar-refractivity contribution >= 4 is 11.4 Å². The lowest BCUT2D eigenvalue weighted by Gasteiger charge is -2.12. The monoisotopic (exact) mass is 292 g/mol. The minimum absolute atomic E-state index is 0.0742. The van der Waals surface area contributed by atoms with Crippen LogP contribution in [-0.4, -0.2) is 28.9 Å². The van der Waals surface area contributed by atoms with Crippen molar-refractivity contribution in [1.29, 1.82) is 0 Å². The number of nitro groups is 1. The first kappa shape index (κ1) is 14.6. The van der Waals surface area contributed by atoms with Crippen molar-refractivity contribution in [1.82, 2.24) is 9.78 Å². The van der Waals surface area contributed by atoms with Gasteiger partial charge in [0.15, 0.2) is 11.5 Å². The van der Waals surface area contributed by atoms with E-state index in [1.54, 1.807) is 24.0 Å². The summed E-state index contributed by atoms with van der Waals surface area (Å²) in [5, 5.41) is 18.2. The molecule has 2 rings (SSSR count). The van der Waals surface area contributed by atoms with Crippen LogP contribution in [0, 0.1) is 10.1 Å². The number of benzene rings is 1. The van der Waals surface area contributed by atoms with E-state index in [1.807, 2.05) is 6.07 Å². The van der Waals surface area contributed by atoms with Crippen LogP contribution in [0.25, 0.3) is 0 Å². The Labute approximate surface area is 121 Å². The Morgan fingerprint density at radius 1 is 1.33 bits per heavy atom. The minimum Gasteiger partial charge on any atom is -0.493 e. The summed E-state index contributed by atoms with van der Waals surface area (Å²) in [5.74, 6) is 0.742. The predicted molar refractivity (Wildman–Crippen MR) is 76.7 cm³/mol. The first-order valence-electron chi connectivity index (χ1n) is 6.18. The highest BCUT2D eigenvalue weighted by Crippen LogP contribution is 2.37. The Balaban J connectivity index is 2.32. The molecule has 0 bridgehead atoms. The highest BCUT2D eigenvalue weighted by atomic mass is 16.6. The molecular weight excluding hydrogens is 276 g/mol. The number of anilines is 1. The van der Waals surface area contributed by atoms with Gasteiger partial charge in [-0.3, -0.25) is 14.8 Å². The SMILES string of the molecule is COc1cc(NCc2ccnn2C)c([N+](=O)[O-])cc1OC. The van der Waals surface area contributed by atoms with Crippen LogP contribution in [0.3, 0.4) is 0 Å². The summed E-state index contributed by atoms with van der Waals surface area (Å²) in [7, 11) is 4.72. The number of hydrogen-bond acceptors (Lipinski definition) is 6. The highest BCUT2D eigenvalue weighted by molar-refractivity contribution is 5.68. The first-order chi connectivity index (χ1) is 10.1. The lowest BCUT2D eigenvalue weighted by molar-refractivity contribution is -0.384. The van der Waals surface area contributed by atoms with Gasteiger partial charge in [0, 0.05) is 19.3 Å². The quantitative estimate of drug-likeness (QED) is 0.646. The lowest BCUT2D eigenvalue weighted by atomic mass is 10.2. The summed E-state index contributed by atoms with van der Waals surface area (Å²) >= 11 is 0. The molecule has 0 atom stereocenters. The summed E-state index contributed by atoms with van der Waals surface area (Å²) in [6.45, 7) is 0.410. The van der Waals surface area contributed by atoms with Crippen LogP contribution < -0.4 is 14.8 Å². The van der Waals surface area contributed by atoms with Crippen molar-refractivity contribution in [3.63, 3.8) is 0 Å². The van der Waals surface area contributed by atoms with E-state index in [2.05, 4.69) is 10.4 Å². The van der Waals surface area contributed by atoms with E-state index in [0.717, 1.165) is 5.69 Å². The van der Waals surface area contributed by atoms with Crippen LogP contribution in [0.5, 0.6) is 11.5 Å². The zero-order chi connectivity index (χ0) is 15.4. The summed E-state index contributed by atoms with van der Waals surface area (Å²) in [4.78, 5) is 10.7. The molecule has 0 aliphatic rings. The summed E-state index contributed by atoms with van der Waals surface area (Å²) in [6.07, 6.45) is 1.67. The van der Waals surface area contributed by atoms with E-state index in [4.69, 9.17) is 9.47 Å². The normalized spacial score (nSPS) is 10.2. The molecule has 0 saturated carbocycles. The largest absolute Gasteiger partial charge is 0.493 e. The van der Waals surface area contributed by atoms with Crippen molar-refractivity contribution in [3.05, 3.63) is 40.2 Å². The molecule has 1 aromatic heterocycles. The number of ether oxygens (including phenoxy) is 2. The van der Waals surface area contributed by atoms with Crippen molar-refractivity contribution in [2.45, 2.75) is 6.54 Å². The number of methoxy groups -OCH3 is 2. The second-order valence-corrected chi connectivity index (χ2v) is 4.28. The zero-order valence-corrected chi connectivity index (χ0v) is 12.0. The van der Waals surface area contributed by atoms with E-state index < -0.39 is 4.92 Å². The van der Waals surface area contributed by atoms with Gasteiger partial charge >= 0.3 is 0 Å². The van der Waals surface area contributed by atoms with Crippen molar-refractivity contribution in [3.8, 4) is 11.5 Å². The lowest BCUT2D eigenvalue weighted by Crippen LogP contribution is -2.07. The molecule has 1 heterocycles. The fourth-order valence-corrected chi connectivity index (χ4v) is 1.92. The Morgan fingerprint density at radius 3 is 2.52 bits per heavy atom. The minimum atomic E-state index is -0.465. The molecule has 0 saturated heterocycles. The first-order valence-corrected chi connectivity index (χ1v) is 6.18. The van der Waals surface area contributed by atoms with Gasteiger partial charge in [0.1, 0.15) is 5.69 Å². The average molecular weight is 292 g/mol. The van der Waals surface area contributed by atoms with Crippen molar-refractivity contribution < 1.29 is 14.4 Å². The van der Waals surface area contributed by atoms with Gasteiger partial charge in [-0.1, -0.05) is 0 Å². The molecule has 2 aromatic rings. The van der Waals surface area contributed by atoms with E-state index in [-0.39, 0.29) is 5.69 Å². The number of rotatable bonds is 6. The molecule has 8 heteroatoms. The number of aryl methyl sites for hydroxylation is 1. The molecule has 0 aliphatic heterocycles. The van der Waals surface area contributed by atoms with E-state index in [0.29, 0.717) is 23.7 Å². The Kier molecular flexibility index (Phi) is 4.27. The van der Waals surface area contributed by atoms with E-state index >= 15 is 0 Å². The third-order valence-electron chi connectivity index (χ3n) is 3.08. The molecule has 112 valence electrons. The van der Waals surface area contributed by atoms with Crippen LogP contribution in [-0.2, 0) is 13.6 Å². The molecule has 21 heavy (non-hydrogen) atoms. The van der Waals surface area contributed by atoms with Crippen molar-refractivity contribution in [2.24, 2.45) is 7.05 Å². The molecule has 1 aromatic carbocycles. The van der Waals surface area contributed by atoms with Gasteiger partial charge in [0.05, 0.1) is 37.4 Å². The van der Waals surface area contributed by atoms with Gasteiger partial charge in [0.25, 0.3) is 5.69 Å². The third kappa shape index (κ3) is 3.04. The molecule has 0 aliphatic carbocycles. The van der Waals surface area contributed by atoms with Crippen LogP contribution in [0.4, 0.5) is 11.4 Å². The van der Waals surface area contributed by atoms with Crippen molar-refractivity contribution in [2.75, 3.05) is 19.5 Å². The zero-order valence-electron chi connectivity index (χ0n) is 12.0. The van der Waals surface area contributed by atoms with Gasteiger partial charge in [-0.2, -0.15) is 5.10 Å². The number of nitrogens with one attached hydrogen (secondary N) is 1. The predicted octanol–water partition coefficient (Wildman–Crippen LogP) is 1.96. The van der Waals surface area contributed by atoms with E-state index in [9.17, 15) is 10.1 Å². The molecule has 0 spiro atoms. The number of nitrogens with zero attached hydrogens (tertiary/aromatic N) is 3. The molecule has 8 nitrogen and oxygen atoms in total. The van der Waals surface area contributed by atoms with Crippen LogP contribution in [0.15, 0.2) is 24.4 Å². The maximum Gasteiger partial charge on any atom is 0.296 e. The maximum atomic E-state index is 11.2. The van der Waals surface area contributed by atoms with E-state index in [1.165, 1.54) is 20.3 Å². The van der Waals surface area contributed by atoms with Gasteiger partial charge < -0.3 is 14.8 Å². The average Bonchev–Trinajstić information content (AvgIpc) is 2.89. The number of aromatic nitrogens is 2. The summed E-state index contributed by atoms with van der Waals surface area (Å²) in [5.41, 5.74) is 1.19. The Bertz CT molecular complexity index is 654. The Morgan fingerprint density at radius 2 is 2.00 bits per heavy atom. The molecule has 1 N–H and O–H groups in total. The van der Waals surface area contributed by atoms with Gasteiger partial charge in [-0.25, -0.2) is 0 Å². The second kappa shape index (κ2) is 6.12. The standard InChI is InChI=1S/C13H16N4O4/c1-16-9(4-5-15-16)8-14-10-6-12(20-2)13(21-3)7-11(10)17(18)19/h4-7,14H,8H2,1-3H3. The highest BCUT2D eigenvalue weighted by Gasteiger charge is 2.19. The van der Waals surface area contributed by atoms with Gasteiger partial charge in [-0.05, 0) is 6.07 Å². The molecular formula is C13H16N4O4. The number of nitro benzene ring substituents is 1. The van der Waals surface area contributed by atoms with Crippen LogP contribution >= 0.6 is 0 Å². The third-order valence-corrected chi connectivity index (χ3v) is 3.08. The molecule has 0 unspecified atom stereocenters. The van der Waals surface area contributed by atoms with Gasteiger partial charge in [0.2, 0.25) is 0 Å². The molecule has 0 amide bonds. The maximum absolute atomic E-state index is 11.2. The summed E-state index contributed by atoms with van der Waals surface area (Å²) < 4.78 is 11.9. The topological polar surface area (TPSA) is 91.5 Å². The molecule has 0 radical (unpaired) electrons.